The summed E-state index contributed by atoms with van der Waals surface area (Å²) in [5.74, 6) is -0.0393. The van der Waals surface area contributed by atoms with Crippen LogP contribution >= 0.6 is 11.6 Å². The number of methoxy groups -OCH3 is 1. The van der Waals surface area contributed by atoms with E-state index in [1.54, 1.807) is 103 Å². The topological polar surface area (TPSA) is 236 Å². The standard InChI is InChI=1S/C26H27FN2O3.C25H25FN2O2.C25H27N3O2.C24H21ClN2O2/c1-5-25(31)29(3)21-12-13-22(17(2)16-21)18-6-8-19(9-7-18)23(30)14-10-20-11-15-24(32-4)28-26(20)27;2*1-4-25(30)28(3)21-11-12-22(17(2)15-21)19-7-9-20(10-8-19)23(29)13-5-18-6-14-24(26)27-16-18;1-3-24(29)27(2)21-12-10-19(11-13-21)18-6-8-20(9-7-18)22(28)14-4-17-5-15-23(25)26-16-17/h6-9,11-13,15-16H,5,10,14H2,1-4H3;6-12,14-16H,4-5,13H2,1-3H3;6-12,14-16H,4-5,13H2,1-3H3,(H2,26,27);5-10,12,15-16H,3-4,14H2,1-2H3. The minimum absolute atomic E-state index is 0.0275. The molecule has 2 N–H and O–H groups in total. The fourth-order valence-corrected chi connectivity index (χ4v) is 13.3. The Hall–Kier alpha value is -13.5. The summed E-state index contributed by atoms with van der Waals surface area (Å²) >= 11 is 5.78. The monoisotopic (exact) mass is 1640 g/mol. The molecule has 0 saturated heterocycles. The first-order valence-corrected chi connectivity index (χ1v) is 40.4. The lowest BCUT2D eigenvalue weighted by Gasteiger charge is -2.18. The second kappa shape index (κ2) is 44.3. The van der Waals surface area contributed by atoms with Gasteiger partial charge in [0.15, 0.2) is 23.1 Å². The molecule has 4 amide bonds. The number of aryl methyl sites for hydroxylation is 7. The Kier molecular flexibility index (Phi) is 33.5. The number of nitrogens with two attached hydrogens (primary N) is 1. The molecule has 12 rings (SSSR count). The molecule has 0 radical (unpaired) electrons. The smallest absolute Gasteiger partial charge is 0.226 e. The fraction of sp³-hybridized carbons (Fsp3) is 0.240. The Morgan fingerprint density at radius 2 is 0.769 bits per heavy atom. The first-order valence-electron chi connectivity index (χ1n) is 40.1. The highest BCUT2D eigenvalue weighted by Crippen LogP contribution is 2.33. The number of carbonyl (C=O) groups is 8. The normalized spacial score (nSPS) is 11.1. The van der Waals surface area contributed by atoms with Crippen molar-refractivity contribution in [1.82, 2.24) is 24.8 Å². The van der Waals surface area contributed by atoms with E-state index in [4.69, 9.17) is 22.1 Å². The van der Waals surface area contributed by atoms with Crippen LogP contribution in [0.1, 0.15) is 165 Å². The number of Topliss-reactive ketones (excluding diaryl/α,β-unsaturated/α-hetero) is 4. The van der Waals surface area contributed by atoms with E-state index in [0.717, 1.165) is 95.0 Å². The minimum atomic E-state index is -0.613. The number of hydrogen-bond donors (Lipinski definition) is 1. The number of likely N-dealkylation sites (N-methyl/N-ethyl adjacent to an activating group) is 1. The number of aromatic nitrogens is 4. The number of halogens is 3. The van der Waals surface area contributed by atoms with Gasteiger partial charge in [0.25, 0.3) is 0 Å². The third kappa shape index (κ3) is 25.8. The Morgan fingerprint density at radius 1 is 0.405 bits per heavy atom. The van der Waals surface area contributed by atoms with E-state index in [2.05, 4.69) is 31.4 Å². The van der Waals surface area contributed by atoms with Crippen LogP contribution in [-0.2, 0) is 44.9 Å². The van der Waals surface area contributed by atoms with Crippen LogP contribution in [0.2, 0.25) is 5.15 Å². The summed E-state index contributed by atoms with van der Waals surface area (Å²) in [4.78, 5) is 120. The molecule has 0 saturated carbocycles. The maximum atomic E-state index is 14.0. The van der Waals surface area contributed by atoms with E-state index in [1.807, 2.05) is 212 Å². The van der Waals surface area contributed by atoms with Gasteiger partial charge in [0, 0.05) is 155 Å². The zero-order valence-electron chi connectivity index (χ0n) is 70.4. The van der Waals surface area contributed by atoms with Crippen molar-refractivity contribution in [2.24, 2.45) is 0 Å². The Balaban J connectivity index is 0.000000183. The van der Waals surface area contributed by atoms with E-state index in [-0.39, 0.29) is 65.5 Å². The van der Waals surface area contributed by atoms with Crippen molar-refractivity contribution in [2.45, 2.75) is 126 Å². The van der Waals surface area contributed by atoms with Crippen molar-refractivity contribution < 1.29 is 51.9 Å². The Labute approximate surface area is 711 Å². The third-order valence-electron chi connectivity index (χ3n) is 20.7. The van der Waals surface area contributed by atoms with Gasteiger partial charge in [-0.2, -0.15) is 13.8 Å². The van der Waals surface area contributed by atoms with Gasteiger partial charge in [0.2, 0.25) is 41.4 Å². The van der Waals surface area contributed by atoms with Crippen LogP contribution in [0.5, 0.6) is 5.88 Å². The molecular weight excluding hydrogens is 1540 g/mol. The summed E-state index contributed by atoms with van der Waals surface area (Å²) in [7, 11) is 8.50. The summed E-state index contributed by atoms with van der Waals surface area (Å²) in [6.45, 7) is 13.4. The summed E-state index contributed by atoms with van der Waals surface area (Å²) < 4.78 is 31.8. The number of nitrogen functional groups attached to an aromatic ring is 1. The molecule has 0 spiro atoms. The molecule has 1 aliphatic carbocycles. The van der Waals surface area contributed by atoms with Gasteiger partial charge in [0.05, 0.1) is 12.8 Å². The van der Waals surface area contributed by atoms with Gasteiger partial charge in [-0.05, 0) is 197 Å². The average molecular weight is 1650 g/mol. The summed E-state index contributed by atoms with van der Waals surface area (Å²) in [5.41, 5.74) is 32.0. The van der Waals surface area contributed by atoms with Gasteiger partial charge in [-0.15, -0.1) is 0 Å². The number of allylic oxidation sites excluding steroid dienone is 3. The maximum Gasteiger partial charge on any atom is 0.226 e. The van der Waals surface area contributed by atoms with Gasteiger partial charge >= 0.3 is 0 Å². The van der Waals surface area contributed by atoms with Crippen molar-refractivity contribution in [3.8, 4) is 39.3 Å². The van der Waals surface area contributed by atoms with Crippen molar-refractivity contribution in [3.05, 3.63) is 332 Å². The molecule has 18 nitrogen and oxygen atoms in total. The molecule has 0 aliphatic heterocycles. The molecule has 620 valence electrons. The zero-order chi connectivity index (χ0) is 87.4. The number of hydrogen-bond acceptors (Lipinski definition) is 14. The first-order chi connectivity index (χ1) is 58.1. The molecule has 0 atom stereocenters. The minimum Gasteiger partial charge on any atom is -0.481 e. The lowest BCUT2D eigenvalue weighted by molar-refractivity contribution is -0.127. The molecule has 1 aliphatic rings. The number of nitrogens with zero attached hydrogens (tertiary/aromatic N) is 8. The van der Waals surface area contributed by atoms with Crippen molar-refractivity contribution in [2.75, 3.05) is 55.7 Å². The van der Waals surface area contributed by atoms with E-state index in [0.29, 0.717) is 109 Å². The Morgan fingerprint density at radius 3 is 1.09 bits per heavy atom. The SMILES string of the molecule is CCC(=O)N(C)C1=C=C=C(c2ccc(C(=O)CCc3ccc(Cl)nc3)cc2)C=C1.CCC(=O)N(C)c1ccc(-c2ccc(C(=O)CCc3ccc(F)nc3)cc2)c(C)c1.CCC(=O)N(C)c1ccc(-c2ccc(C(=O)CCc3ccc(N)nc3)cc2)c(C)c1.CCC(=O)N(C)c1ccc(-c2ccc(C(=O)CCc3ccc(OC)nc3F)cc2)c(C)c1. The van der Waals surface area contributed by atoms with E-state index >= 15 is 0 Å². The summed E-state index contributed by atoms with van der Waals surface area (Å²) in [6.07, 6.45) is 13.9. The quantitative estimate of drug-likeness (QED) is 0.0261. The van der Waals surface area contributed by atoms with Crippen LogP contribution in [0.15, 0.2) is 248 Å². The average Bonchev–Trinajstić information content (AvgIpc) is 0.823. The van der Waals surface area contributed by atoms with Crippen LogP contribution in [0.25, 0.3) is 39.0 Å². The zero-order valence-corrected chi connectivity index (χ0v) is 71.1. The molecular formula is C100H100ClF2N9O9. The fourth-order valence-electron chi connectivity index (χ4n) is 13.2. The van der Waals surface area contributed by atoms with Gasteiger partial charge in [-0.1, -0.05) is 178 Å². The van der Waals surface area contributed by atoms with Crippen LogP contribution < -0.4 is 25.2 Å². The highest BCUT2D eigenvalue weighted by molar-refractivity contribution is 6.29. The molecule has 121 heavy (non-hydrogen) atoms. The van der Waals surface area contributed by atoms with Crippen LogP contribution in [-0.4, -0.2) is 107 Å². The predicted octanol–water partition coefficient (Wildman–Crippen LogP) is 20.6. The summed E-state index contributed by atoms with van der Waals surface area (Å²) in [6, 6.07) is 61.3. The van der Waals surface area contributed by atoms with Crippen molar-refractivity contribution >= 4 is 86.8 Å². The molecule has 11 aromatic rings. The third-order valence-corrected chi connectivity index (χ3v) is 21.0. The number of ketones is 4. The number of rotatable bonds is 29. The highest BCUT2D eigenvalue weighted by atomic mass is 35.5. The molecule has 0 unspecified atom stereocenters. The Bertz CT molecular complexity index is 5500. The number of carbonyl (C=O) groups excluding carboxylic acids is 8. The molecule has 4 heterocycles. The lowest BCUT2D eigenvalue weighted by atomic mass is 9.97. The maximum absolute atomic E-state index is 14.0. The predicted molar refractivity (Wildman–Crippen MR) is 477 cm³/mol. The highest BCUT2D eigenvalue weighted by Gasteiger charge is 2.19. The van der Waals surface area contributed by atoms with Crippen LogP contribution in [0.3, 0.4) is 0 Å². The number of pyridine rings is 4. The number of benzene rings is 7. The second-order valence-electron chi connectivity index (χ2n) is 29.0. The number of ether oxygens (including phenoxy) is 1. The summed E-state index contributed by atoms with van der Waals surface area (Å²) in [5, 5.41) is 0.446. The van der Waals surface area contributed by atoms with Crippen LogP contribution in [0, 0.1) is 32.7 Å². The molecule has 0 bridgehead atoms. The van der Waals surface area contributed by atoms with Gasteiger partial charge in [0.1, 0.15) is 11.0 Å². The largest absolute Gasteiger partial charge is 0.481 e. The van der Waals surface area contributed by atoms with E-state index in [1.165, 1.54) is 19.4 Å². The van der Waals surface area contributed by atoms with Crippen molar-refractivity contribution in [1.29, 1.82) is 0 Å². The number of amides is 4. The van der Waals surface area contributed by atoms with Gasteiger partial charge < -0.3 is 30.1 Å². The van der Waals surface area contributed by atoms with Crippen LogP contribution in [0.4, 0.5) is 31.7 Å². The van der Waals surface area contributed by atoms with Crippen molar-refractivity contribution in [3.63, 3.8) is 0 Å². The van der Waals surface area contributed by atoms with E-state index in [9.17, 15) is 47.1 Å². The first kappa shape index (κ1) is 91.4. The van der Waals surface area contributed by atoms with E-state index < -0.39 is 11.9 Å². The van der Waals surface area contributed by atoms with Gasteiger partial charge in [-0.3, -0.25) is 38.4 Å². The second-order valence-corrected chi connectivity index (χ2v) is 29.4. The lowest BCUT2D eigenvalue weighted by Crippen LogP contribution is -2.25. The molecule has 4 aromatic heterocycles. The van der Waals surface area contributed by atoms with Gasteiger partial charge in [-0.25, -0.2) is 15.0 Å². The molecule has 0 fully saturated rings. The molecule has 21 heteroatoms. The molecule has 7 aromatic carbocycles. The number of anilines is 4.